The molecule has 34 heavy (non-hydrogen) atoms. The Balaban J connectivity index is 1.07. The third kappa shape index (κ3) is 3.85. The summed E-state index contributed by atoms with van der Waals surface area (Å²) < 4.78 is 48.7. The van der Waals surface area contributed by atoms with E-state index in [0.717, 1.165) is 56.4 Å². The summed E-state index contributed by atoms with van der Waals surface area (Å²) in [5.41, 5.74) is 1.86. The Kier molecular flexibility index (Phi) is 5.86. The van der Waals surface area contributed by atoms with Crippen LogP contribution in [0.3, 0.4) is 0 Å². The number of carbonyl (C=O) groups is 1. The standard InChI is InChI=1S/C25H38FN3O4S/c1-27-9-10-33-23-6-5-21(12-22(23)27)34(31,32)29-15-17-13-28(14-18(17)16-29)24(30)25(7-8-25)19-3-2-4-20(26)11-19/h19-23H,2-16H2,1H3. The molecule has 0 aromatic heterocycles. The molecule has 9 heteroatoms. The van der Waals surface area contributed by atoms with Crippen molar-refractivity contribution in [1.82, 2.24) is 14.1 Å². The van der Waals surface area contributed by atoms with Crippen LogP contribution in [-0.2, 0) is 19.6 Å². The number of likely N-dealkylation sites (N-methyl/N-ethyl adjacent to an activating group) is 1. The van der Waals surface area contributed by atoms with Crippen molar-refractivity contribution in [2.24, 2.45) is 11.3 Å². The SMILES string of the molecule is CN1CCOC2CCC(S(=O)(=O)N3CC4=C(CN(C(=O)C5(C6CCCC(F)C6)CC5)C4)C3)CC21. The molecular formula is C25H38FN3O4S. The van der Waals surface area contributed by atoms with Gasteiger partial charge in [-0.1, -0.05) is 6.42 Å². The van der Waals surface area contributed by atoms with Crippen LogP contribution in [0, 0.1) is 11.3 Å². The summed E-state index contributed by atoms with van der Waals surface area (Å²) in [7, 11) is -1.32. The summed E-state index contributed by atoms with van der Waals surface area (Å²) in [5, 5.41) is -0.356. The Morgan fingerprint density at radius 3 is 2.44 bits per heavy atom. The van der Waals surface area contributed by atoms with Crippen molar-refractivity contribution in [3.05, 3.63) is 11.1 Å². The molecule has 5 unspecified atom stereocenters. The molecule has 0 aromatic carbocycles. The number of halogens is 1. The first-order valence-electron chi connectivity index (χ1n) is 13.2. The lowest BCUT2D eigenvalue weighted by molar-refractivity contribution is -0.138. The number of fused-ring (bicyclic) bond motifs is 1. The van der Waals surface area contributed by atoms with Crippen LogP contribution in [0.15, 0.2) is 11.1 Å². The number of hydrogen-bond donors (Lipinski definition) is 0. The third-order valence-electron chi connectivity index (χ3n) is 9.72. The van der Waals surface area contributed by atoms with E-state index >= 15 is 0 Å². The number of amides is 1. The van der Waals surface area contributed by atoms with Crippen LogP contribution in [-0.4, -0.2) is 98.4 Å². The minimum absolute atomic E-state index is 0.151. The zero-order valence-electron chi connectivity index (χ0n) is 20.3. The first-order chi connectivity index (χ1) is 16.3. The number of rotatable bonds is 4. The topological polar surface area (TPSA) is 70.2 Å². The molecule has 1 amide bonds. The second kappa shape index (κ2) is 8.53. The van der Waals surface area contributed by atoms with Crippen molar-refractivity contribution in [2.45, 2.75) is 81.4 Å². The second-order valence-electron chi connectivity index (χ2n) is 11.7. The number of alkyl halides is 1. The highest BCUT2D eigenvalue weighted by Gasteiger charge is 2.58. The van der Waals surface area contributed by atoms with Crippen LogP contribution in [0.5, 0.6) is 0 Å². The molecule has 0 aromatic rings. The monoisotopic (exact) mass is 495 g/mol. The molecule has 0 N–H and O–H groups in total. The van der Waals surface area contributed by atoms with Crippen molar-refractivity contribution in [3.63, 3.8) is 0 Å². The Hall–Kier alpha value is -1.03. The van der Waals surface area contributed by atoms with Crippen LogP contribution in [0.25, 0.3) is 0 Å². The highest BCUT2D eigenvalue weighted by Crippen LogP contribution is 2.58. The van der Waals surface area contributed by atoms with Crippen LogP contribution < -0.4 is 0 Å². The van der Waals surface area contributed by atoms with E-state index in [1.54, 1.807) is 4.31 Å². The minimum Gasteiger partial charge on any atom is -0.375 e. The molecule has 190 valence electrons. The lowest BCUT2D eigenvalue weighted by atomic mass is 9.76. The fourth-order valence-corrected chi connectivity index (χ4v) is 9.45. The number of ether oxygens (including phenoxy) is 1. The predicted octanol–water partition coefficient (Wildman–Crippen LogP) is 2.33. The molecule has 3 heterocycles. The zero-order chi connectivity index (χ0) is 23.7. The second-order valence-corrected chi connectivity index (χ2v) is 13.9. The molecule has 3 aliphatic heterocycles. The van der Waals surface area contributed by atoms with Crippen LogP contribution in [0.4, 0.5) is 4.39 Å². The van der Waals surface area contributed by atoms with Gasteiger partial charge in [0.05, 0.1) is 23.4 Å². The van der Waals surface area contributed by atoms with Gasteiger partial charge in [-0.15, -0.1) is 0 Å². The first kappa shape index (κ1) is 23.4. The Morgan fingerprint density at radius 2 is 1.76 bits per heavy atom. The van der Waals surface area contributed by atoms with E-state index in [1.165, 1.54) is 0 Å². The maximum absolute atomic E-state index is 14.0. The molecule has 6 rings (SSSR count). The van der Waals surface area contributed by atoms with E-state index in [2.05, 4.69) is 11.9 Å². The van der Waals surface area contributed by atoms with Gasteiger partial charge in [-0.3, -0.25) is 9.69 Å². The average molecular weight is 496 g/mol. The average Bonchev–Trinajstić information content (AvgIpc) is 3.38. The van der Waals surface area contributed by atoms with Gasteiger partial charge in [0.15, 0.2) is 0 Å². The van der Waals surface area contributed by atoms with Gasteiger partial charge < -0.3 is 9.64 Å². The molecule has 7 nitrogen and oxygen atoms in total. The van der Waals surface area contributed by atoms with Gasteiger partial charge in [0, 0.05) is 38.8 Å². The van der Waals surface area contributed by atoms with E-state index in [9.17, 15) is 17.6 Å². The molecule has 0 bridgehead atoms. The molecule has 4 fully saturated rings. The van der Waals surface area contributed by atoms with E-state index in [-0.39, 0.29) is 34.6 Å². The largest absolute Gasteiger partial charge is 0.375 e. The maximum Gasteiger partial charge on any atom is 0.229 e. The van der Waals surface area contributed by atoms with Crippen LogP contribution in [0.1, 0.15) is 57.8 Å². The molecule has 0 radical (unpaired) electrons. The lowest BCUT2D eigenvalue weighted by Gasteiger charge is -2.44. The highest BCUT2D eigenvalue weighted by molar-refractivity contribution is 7.89. The van der Waals surface area contributed by atoms with Gasteiger partial charge in [-0.25, -0.2) is 12.8 Å². The molecular weight excluding hydrogens is 457 g/mol. The summed E-state index contributed by atoms with van der Waals surface area (Å²) in [4.78, 5) is 17.7. The quantitative estimate of drug-likeness (QED) is 0.560. The summed E-state index contributed by atoms with van der Waals surface area (Å²) in [5.74, 6) is 0.363. The Morgan fingerprint density at radius 1 is 1.03 bits per heavy atom. The van der Waals surface area contributed by atoms with Crippen molar-refractivity contribution in [1.29, 1.82) is 0 Å². The Bertz CT molecular complexity index is 963. The molecule has 6 aliphatic rings. The van der Waals surface area contributed by atoms with E-state index in [0.29, 0.717) is 51.9 Å². The van der Waals surface area contributed by atoms with Crippen molar-refractivity contribution in [3.8, 4) is 0 Å². The summed E-state index contributed by atoms with van der Waals surface area (Å²) >= 11 is 0. The molecule has 3 aliphatic carbocycles. The van der Waals surface area contributed by atoms with Crippen LogP contribution in [0.2, 0.25) is 0 Å². The van der Waals surface area contributed by atoms with Gasteiger partial charge in [-0.2, -0.15) is 4.31 Å². The first-order valence-corrected chi connectivity index (χ1v) is 14.7. The molecule has 5 atom stereocenters. The normalized spacial score (nSPS) is 38.6. The maximum atomic E-state index is 14.0. The zero-order valence-corrected chi connectivity index (χ0v) is 21.1. The molecule has 1 saturated heterocycles. The fourth-order valence-electron chi connectivity index (χ4n) is 7.48. The van der Waals surface area contributed by atoms with Crippen molar-refractivity contribution < 1.29 is 22.3 Å². The van der Waals surface area contributed by atoms with E-state index in [1.807, 2.05) is 4.90 Å². The summed E-state index contributed by atoms with van der Waals surface area (Å²) in [6.45, 7) is 3.50. The van der Waals surface area contributed by atoms with E-state index in [4.69, 9.17) is 4.74 Å². The Labute approximate surface area is 202 Å². The fraction of sp³-hybridized carbons (Fsp3) is 0.880. The number of sulfonamides is 1. The highest BCUT2D eigenvalue weighted by atomic mass is 32.2. The number of morpholine rings is 1. The minimum atomic E-state index is -3.39. The van der Waals surface area contributed by atoms with Gasteiger partial charge in [0.2, 0.25) is 15.9 Å². The number of nitrogens with zero attached hydrogens (tertiary/aromatic N) is 3. The van der Waals surface area contributed by atoms with Gasteiger partial charge in [0.25, 0.3) is 0 Å². The lowest BCUT2D eigenvalue weighted by Crippen LogP contribution is -2.55. The number of carbonyl (C=O) groups excluding carboxylic acids is 1. The van der Waals surface area contributed by atoms with Crippen molar-refractivity contribution in [2.75, 3.05) is 46.4 Å². The number of hydrogen-bond acceptors (Lipinski definition) is 5. The van der Waals surface area contributed by atoms with Gasteiger partial charge >= 0.3 is 0 Å². The molecule has 0 spiro atoms. The smallest absolute Gasteiger partial charge is 0.229 e. The summed E-state index contributed by atoms with van der Waals surface area (Å²) in [6, 6.07) is 0.177. The summed E-state index contributed by atoms with van der Waals surface area (Å²) in [6.07, 6.45) is 6.24. The van der Waals surface area contributed by atoms with E-state index < -0.39 is 16.2 Å². The third-order valence-corrected chi connectivity index (χ3v) is 12.0. The van der Waals surface area contributed by atoms with Crippen molar-refractivity contribution >= 4 is 15.9 Å². The predicted molar refractivity (Wildman–Crippen MR) is 126 cm³/mol. The van der Waals surface area contributed by atoms with Gasteiger partial charge in [0.1, 0.15) is 6.17 Å². The van der Waals surface area contributed by atoms with Crippen LogP contribution >= 0.6 is 0 Å². The molecule has 3 saturated carbocycles. The van der Waals surface area contributed by atoms with Gasteiger partial charge in [-0.05, 0) is 75.5 Å².